The number of carbonyl (C=O) groups excluding carboxylic acids is 4. The number of anilines is 3. The number of pyridine rings is 2. The van der Waals surface area contributed by atoms with Gasteiger partial charge < -0.3 is 29.9 Å². The summed E-state index contributed by atoms with van der Waals surface area (Å²) in [6.45, 7) is 10.9. The number of para-hydroxylation sites is 1. The number of carbonyl (C=O) groups is 4. The second-order valence-electron chi connectivity index (χ2n) is 14.4. The second-order valence-corrected chi connectivity index (χ2v) is 14.4. The van der Waals surface area contributed by atoms with E-state index in [1.165, 1.54) is 0 Å². The maximum absolute atomic E-state index is 12.3. The van der Waals surface area contributed by atoms with Crippen molar-refractivity contribution in [3.8, 4) is 12.1 Å². The Kier molecular flexibility index (Phi) is 15.5. The SMILES string of the molecule is CCOC(=O)c1cc(C#N)c(N2CC(CNC(=O)Cc3ccccc3)C2)nc1C.CCOC(=O)c1cc(C#N)c(N2CCC(CC(=O)Nc3ccccc3)CC2)nc1C. The van der Waals surface area contributed by atoms with E-state index in [0.29, 0.717) is 96.8 Å². The summed E-state index contributed by atoms with van der Waals surface area (Å²) in [7, 11) is 0. The quantitative estimate of drug-likeness (QED) is 0.152. The molecular weight excluding hydrogens is 749 g/mol. The molecule has 0 bridgehead atoms. The van der Waals surface area contributed by atoms with Crippen LogP contribution in [0.1, 0.15) is 81.9 Å². The molecule has 2 saturated heterocycles. The van der Waals surface area contributed by atoms with Crippen molar-refractivity contribution in [3.05, 3.63) is 112 Å². The number of benzene rings is 2. The predicted octanol–water partition coefficient (Wildman–Crippen LogP) is 5.92. The smallest absolute Gasteiger partial charge is 0.340 e. The second kappa shape index (κ2) is 21.1. The van der Waals surface area contributed by atoms with Crippen LogP contribution in [0, 0.1) is 48.3 Å². The van der Waals surface area contributed by atoms with Crippen molar-refractivity contribution in [3.63, 3.8) is 0 Å². The summed E-state index contributed by atoms with van der Waals surface area (Å²) in [5, 5.41) is 24.9. The molecule has 14 heteroatoms. The van der Waals surface area contributed by atoms with E-state index >= 15 is 0 Å². The van der Waals surface area contributed by atoms with Crippen molar-refractivity contribution in [2.75, 3.05) is 61.1 Å². The van der Waals surface area contributed by atoms with E-state index in [9.17, 15) is 29.7 Å². The number of nitrogens with one attached hydrogen (secondary N) is 2. The molecule has 0 aliphatic carbocycles. The van der Waals surface area contributed by atoms with Gasteiger partial charge in [-0.05, 0) is 76.3 Å². The van der Waals surface area contributed by atoms with Crippen LogP contribution in [0.4, 0.5) is 17.3 Å². The van der Waals surface area contributed by atoms with Gasteiger partial charge in [0.05, 0.1) is 53.3 Å². The first-order valence-corrected chi connectivity index (χ1v) is 19.9. The number of amides is 2. The van der Waals surface area contributed by atoms with E-state index in [-0.39, 0.29) is 30.9 Å². The number of nitriles is 2. The summed E-state index contributed by atoms with van der Waals surface area (Å²) < 4.78 is 10.1. The zero-order valence-corrected chi connectivity index (χ0v) is 34.0. The van der Waals surface area contributed by atoms with Crippen LogP contribution in [0.5, 0.6) is 0 Å². The molecule has 2 aromatic carbocycles. The van der Waals surface area contributed by atoms with Gasteiger partial charge in [-0.1, -0.05) is 48.5 Å². The molecule has 6 rings (SSSR count). The molecule has 306 valence electrons. The lowest BCUT2D eigenvalue weighted by atomic mass is 9.93. The molecule has 0 unspecified atom stereocenters. The monoisotopic (exact) mass is 798 g/mol. The van der Waals surface area contributed by atoms with E-state index in [4.69, 9.17) is 9.47 Å². The number of piperidine rings is 1. The Bertz CT molecular complexity index is 2190. The third kappa shape index (κ3) is 11.9. The summed E-state index contributed by atoms with van der Waals surface area (Å²) >= 11 is 0. The first-order valence-electron chi connectivity index (χ1n) is 19.9. The largest absolute Gasteiger partial charge is 0.462 e. The molecule has 2 aliphatic rings. The van der Waals surface area contributed by atoms with Crippen LogP contribution in [-0.4, -0.2) is 79.7 Å². The number of aryl methyl sites for hydroxylation is 2. The standard InChI is InChI=1S/C23H26N4O3.C22H24N4O3/c1-3-30-23(29)20-14-18(15-24)22(25-16(20)2)27-11-9-17(10-12-27)13-21(28)26-19-7-5-4-6-8-19;1-3-29-22(28)19-10-18(11-23)21(25-15(19)2)26-13-17(14-26)12-24-20(27)9-16-7-5-4-6-8-16/h4-8,14,17H,3,9-13H2,1-2H3,(H,26,28);4-8,10,17H,3,9,12-14H2,1-2H3,(H,24,27). The van der Waals surface area contributed by atoms with Crippen LogP contribution in [-0.2, 0) is 25.5 Å². The minimum Gasteiger partial charge on any atom is -0.462 e. The van der Waals surface area contributed by atoms with Crippen LogP contribution in [0.3, 0.4) is 0 Å². The molecule has 0 atom stereocenters. The van der Waals surface area contributed by atoms with E-state index in [2.05, 4.69) is 37.6 Å². The Morgan fingerprint density at radius 3 is 1.75 bits per heavy atom. The molecule has 0 spiro atoms. The molecule has 14 nitrogen and oxygen atoms in total. The van der Waals surface area contributed by atoms with Crippen LogP contribution in [0.15, 0.2) is 72.8 Å². The number of rotatable bonds is 13. The highest BCUT2D eigenvalue weighted by molar-refractivity contribution is 5.92. The highest BCUT2D eigenvalue weighted by atomic mass is 16.5. The zero-order chi connectivity index (χ0) is 42.3. The van der Waals surface area contributed by atoms with Gasteiger partial charge in [0.2, 0.25) is 11.8 Å². The molecule has 2 fully saturated rings. The maximum atomic E-state index is 12.3. The van der Waals surface area contributed by atoms with Gasteiger partial charge in [-0.3, -0.25) is 9.59 Å². The highest BCUT2D eigenvalue weighted by Crippen LogP contribution is 2.29. The first-order chi connectivity index (χ1) is 28.5. The highest BCUT2D eigenvalue weighted by Gasteiger charge is 2.31. The van der Waals surface area contributed by atoms with Crippen molar-refractivity contribution in [1.82, 2.24) is 15.3 Å². The zero-order valence-electron chi connectivity index (χ0n) is 34.0. The fourth-order valence-electron chi connectivity index (χ4n) is 6.98. The average Bonchev–Trinajstić information content (AvgIpc) is 3.21. The minimum absolute atomic E-state index is 0.000114. The predicted molar refractivity (Wildman–Crippen MR) is 223 cm³/mol. The third-order valence-corrected chi connectivity index (χ3v) is 10.1. The minimum atomic E-state index is -0.469. The number of hydrogen-bond donors (Lipinski definition) is 2. The van der Waals surface area contributed by atoms with Crippen molar-refractivity contribution in [2.45, 2.75) is 53.4 Å². The molecule has 0 saturated carbocycles. The van der Waals surface area contributed by atoms with Gasteiger partial charge >= 0.3 is 11.9 Å². The van der Waals surface area contributed by atoms with E-state index in [0.717, 1.165) is 24.1 Å². The molecule has 2 aliphatic heterocycles. The van der Waals surface area contributed by atoms with Crippen molar-refractivity contribution in [2.24, 2.45) is 11.8 Å². The van der Waals surface area contributed by atoms with Crippen molar-refractivity contribution < 1.29 is 28.7 Å². The van der Waals surface area contributed by atoms with E-state index in [1.807, 2.05) is 65.6 Å². The lowest BCUT2D eigenvalue weighted by Crippen LogP contribution is -2.52. The summed E-state index contributed by atoms with van der Waals surface area (Å²) in [6, 6.07) is 26.5. The first kappa shape index (κ1) is 43.3. The van der Waals surface area contributed by atoms with Gasteiger partial charge in [0.25, 0.3) is 0 Å². The molecule has 2 N–H and O–H groups in total. The lowest BCUT2D eigenvalue weighted by Gasteiger charge is -2.40. The number of nitrogens with zero attached hydrogens (tertiary/aromatic N) is 6. The summed E-state index contributed by atoms with van der Waals surface area (Å²) in [5.74, 6) is 0.839. The van der Waals surface area contributed by atoms with Gasteiger partial charge in [-0.15, -0.1) is 0 Å². The topological polar surface area (TPSA) is 191 Å². The van der Waals surface area contributed by atoms with Crippen LogP contribution < -0.4 is 20.4 Å². The van der Waals surface area contributed by atoms with Crippen molar-refractivity contribution >= 4 is 41.1 Å². The van der Waals surface area contributed by atoms with Gasteiger partial charge in [0.15, 0.2) is 0 Å². The fourth-order valence-corrected chi connectivity index (χ4v) is 6.98. The normalized spacial score (nSPS) is 13.7. The Balaban J connectivity index is 0.000000224. The molecule has 0 radical (unpaired) electrons. The third-order valence-electron chi connectivity index (χ3n) is 10.1. The molecule has 4 aromatic rings. The van der Waals surface area contributed by atoms with Gasteiger partial charge in [0.1, 0.15) is 23.8 Å². The molecule has 2 amide bonds. The van der Waals surface area contributed by atoms with Crippen molar-refractivity contribution in [1.29, 1.82) is 10.5 Å². The summed E-state index contributed by atoms with van der Waals surface area (Å²) in [6.07, 6.45) is 2.52. The Morgan fingerprint density at radius 1 is 0.729 bits per heavy atom. The molecular formula is C45H50N8O6. The van der Waals surface area contributed by atoms with Gasteiger partial charge in [-0.25, -0.2) is 19.6 Å². The van der Waals surface area contributed by atoms with E-state index in [1.54, 1.807) is 39.8 Å². The van der Waals surface area contributed by atoms with Gasteiger partial charge in [-0.2, -0.15) is 10.5 Å². The van der Waals surface area contributed by atoms with E-state index < -0.39 is 11.9 Å². The van der Waals surface area contributed by atoms with Gasteiger partial charge in [0, 0.05) is 50.7 Å². The molecule has 59 heavy (non-hydrogen) atoms. The molecule has 4 heterocycles. The number of hydrogen-bond acceptors (Lipinski definition) is 12. The molecule has 2 aromatic heterocycles. The number of aromatic nitrogens is 2. The average molecular weight is 799 g/mol. The Morgan fingerprint density at radius 2 is 1.24 bits per heavy atom. The fraction of sp³-hybridized carbons (Fsp3) is 0.378. The summed E-state index contributed by atoms with van der Waals surface area (Å²) in [5.41, 5.74) is 4.24. The lowest BCUT2D eigenvalue weighted by molar-refractivity contribution is -0.120. The summed E-state index contributed by atoms with van der Waals surface area (Å²) in [4.78, 5) is 61.5. The number of ether oxygens (including phenoxy) is 2. The Hall–Kier alpha value is -6.80. The Labute approximate surface area is 345 Å². The van der Waals surface area contributed by atoms with Crippen LogP contribution in [0.25, 0.3) is 0 Å². The van der Waals surface area contributed by atoms with Crippen LogP contribution >= 0.6 is 0 Å². The number of esters is 2. The maximum Gasteiger partial charge on any atom is 0.340 e. The van der Waals surface area contributed by atoms with Crippen LogP contribution in [0.2, 0.25) is 0 Å².